The standard InChI is InChI=1S/C17H22N4OS.HI/c1-2-19-17(20-10-9-15-4-3-11-23-15)21-12-13-5-7-14(8-6-13)16(18)22;/h3-8,11H,2,9-10,12H2,1H3,(H2,18,22)(H2,19,20,21);1H. The summed E-state index contributed by atoms with van der Waals surface area (Å²) in [5.41, 5.74) is 6.78. The van der Waals surface area contributed by atoms with Crippen molar-refractivity contribution in [3.05, 3.63) is 57.8 Å². The first-order valence-corrected chi connectivity index (χ1v) is 8.50. The Bertz CT molecular complexity index is 641. The Balaban J connectivity index is 0.00000288. The van der Waals surface area contributed by atoms with Gasteiger partial charge in [0.2, 0.25) is 5.91 Å². The van der Waals surface area contributed by atoms with E-state index in [4.69, 9.17) is 5.73 Å². The molecule has 0 aliphatic rings. The second-order valence-corrected chi connectivity index (χ2v) is 6.04. The van der Waals surface area contributed by atoms with Gasteiger partial charge >= 0.3 is 0 Å². The molecule has 24 heavy (non-hydrogen) atoms. The van der Waals surface area contributed by atoms with Crippen molar-refractivity contribution >= 4 is 47.2 Å². The molecule has 4 N–H and O–H groups in total. The number of nitrogens with one attached hydrogen (secondary N) is 2. The predicted molar refractivity (Wildman–Crippen MR) is 111 cm³/mol. The van der Waals surface area contributed by atoms with Crippen molar-refractivity contribution in [1.82, 2.24) is 10.6 Å². The van der Waals surface area contributed by atoms with Crippen LogP contribution < -0.4 is 16.4 Å². The third-order valence-corrected chi connectivity index (χ3v) is 4.18. The summed E-state index contributed by atoms with van der Waals surface area (Å²) in [4.78, 5) is 17.0. The molecule has 130 valence electrons. The molecule has 1 aromatic carbocycles. The zero-order valence-corrected chi connectivity index (χ0v) is 16.8. The summed E-state index contributed by atoms with van der Waals surface area (Å²) in [6.45, 7) is 4.24. The van der Waals surface area contributed by atoms with E-state index in [1.54, 1.807) is 23.5 Å². The number of halogens is 1. The number of hydrogen-bond donors (Lipinski definition) is 3. The lowest BCUT2D eigenvalue weighted by Crippen LogP contribution is -2.38. The van der Waals surface area contributed by atoms with Crippen molar-refractivity contribution in [1.29, 1.82) is 0 Å². The minimum atomic E-state index is -0.413. The smallest absolute Gasteiger partial charge is 0.248 e. The number of nitrogens with zero attached hydrogens (tertiary/aromatic N) is 1. The van der Waals surface area contributed by atoms with E-state index in [9.17, 15) is 4.79 Å². The van der Waals surface area contributed by atoms with Gasteiger partial charge in [-0.2, -0.15) is 0 Å². The molecule has 7 heteroatoms. The molecular formula is C17H23IN4OS. The predicted octanol–water partition coefficient (Wildman–Crippen LogP) is 2.76. The van der Waals surface area contributed by atoms with E-state index in [0.717, 1.165) is 31.0 Å². The number of carbonyl (C=O) groups excluding carboxylic acids is 1. The number of amides is 1. The van der Waals surface area contributed by atoms with Crippen LogP contribution in [-0.2, 0) is 13.0 Å². The summed E-state index contributed by atoms with van der Waals surface area (Å²) in [6, 6.07) is 11.4. The van der Waals surface area contributed by atoms with Crippen LogP contribution in [0.4, 0.5) is 0 Å². The van der Waals surface area contributed by atoms with Crippen molar-refractivity contribution in [2.75, 3.05) is 13.1 Å². The maximum atomic E-state index is 11.1. The van der Waals surface area contributed by atoms with E-state index in [-0.39, 0.29) is 24.0 Å². The van der Waals surface area contributed by atoms with Gasteiger partial charge in [0.25, 0.3) is 0 Å². The van der Waals surface area contributed by atoms with Crippen LogP contribution in [-0.4, -0.2) is 25.0 Å². The average molecular weight is 458 g/mol. The molecule has 2 aromatic rings. The van der Waals surface area contributed by atoms with Gasteiger partial charge in [-0.1, -0.05) is 18.2 Å². The summed E-state index contributed by atoms with van der Waals surface area (Å²) in [6.07, 6.45) is 0.982. The number of thiophene rings is 1. The normalized spacial score (nSPS) is 10.8. The highest BCUT2D eigenvalue weighted by Gasteiger charge is 2.01. The van der Waals surface area contributed by atoms with Crippen molar-refractivity contribution < 1.29 is 4.79 Å². The molecule has 0 aliphatic heterocycles. The molecule has 0 bridgehead atoms. The first-order chi connectivity index (χ1) is 11.2. The van der Waals surface area contributed by atoms with E-state index in [0.29, 0.717) is 12.1 Å². The highest BCUT2D eigenvalue weighted by atomic mass is 127. The molecule has 0 radical (unpaired) electrons. The lowest BCUT2D eigenvalue weighted by molar-refractivity contribution is 0.100. The van der Waals surface area contributed by atoms with Crippen LogP contribution in [0.1, 0.15) is 27.7 Å². The highest BCUT2D eigenvalue weighted by Crippen LogP contribution is 2.08. The maximum absolute atomic E-state index is 11.1. The Morgan fingerprint density at radius 1 is 1.21 bits per heavy atom. The molecule has 1 heterocycles. The van der Waals surface area contributed by atoms with Crippen LogP contribution in [0.3, 0.4) is 0 Å². The second kappa shape index (κ2) is 11.0. The van der Waals surface area contributed by atoms with E-state index < -0.39 is 5.91 Å². The van der Waals surface area contributed by atoms with Gasteiger partial charge in [0.05, 0.1) is 6.54 Å². The number of carbonyl (C=O) groups is 1. The fraction of sp³-hybridized carbons (Fsp3) is 0.294. The number of benzene rings is 1. The van der Waals surface area contributed by atoms with Crippen LogP contribution in [0.25, 0.3) is 0 Å². The van der Waals surface area contributed by atoms with Crippen LogP contribution in [0.2, 0.25) is 0 Å². The third kappa shape index (κ3) is 6.88. The minimum Gasteiger partial charge on any atom is -0.366 e. The first-order valence-electron chi connectivity index (χ1n) is 7.62. The molecule has 0 fully saturated rings. The van der Waals surface area contributed by atoms with Crippen molar-refractivity contribution in [2.24, 2.45) is 10.7 Å². The number of primary amides is 1. The van der Waals surface area contributed by atoms with E-state index in [1.807, 2.05) is 19.1 Å². The Morgan fingerprint density at radius 3 is 2.54 bits per heavy atom. The molecule has 5 nitrogen and oxygen atoms in total. The van der Waals surface area contributed by atoms with Crippen LogP contribution in [0, 0.1) is 0 Å². The van der Waals surface area contributed by atoms with Crippen molar-refractivity contribution in [3.8, 4) is 0 Å². The van der Waals surface area contributed by atoms with Crippen LogP contribution in [0.15, 0.2) is 46.8 Å². The Kier molecular flexibility index (Phi) is 9.39. The highest BCUT2D eigenvalue weighted by molar-refractivity contribution is 14.0. The van der Waals surface area contributed by atoms with Gasteiger partial charge in [-0.05, 0) is 42.5 Å². The third-order valence-electron chi connectivity index (χ3n) is 3.25. The quantitative estimate of drug-likeness (QED) is 0.339. The topological polar surface area (TPSA) is 79.5 Å². The molecule has 1 aromatic heterocycles. The fourth-order valence-electron chi connectivity index (χ4n) is 2.05. The van der Waals surface area contributed by atoms with Gasteiger partial charge in [-0.25, -0.2) is 4.99 Å². The molecule has 0 saturated carbocycles. The zero-order valence-electron chi connectivity index (χ0n) is 13.6. The number of aliphatic imine (C=N–C) groups is 1. The SMILES string of the molecule is CCNC(=NCc1ccc(C(N)=O)cc1)NCCc1cccs1.I. The average Bonchev–Trinajstić information content (AvgIpc) is 3.06. The first kappa shape index (κ1) is 20.4. The minimum absolute atomic E-state index is 0. The van der Waals surface area contributed by atoms with Gasteiger partial charge in [0, 0.05) is 23.5 Å². The van der Waals surface area contributed by atoms with Crippen LogP contribution >= 0.6 is 35.3 Å². The molecule has 0 spiro atoms. The Hall–Kier alpha value is -1.61. The summed E-state index contributed by atoms with van der Waals surface area (Å²) in [5, 5.41) is 8.65. The van der Waals surface area contributed by atoms with Crippen molar-refractivity contribution in [3.63, 3.8) is 0 Å². The summed E-state index contributed by atoms with van der Waals surface area (Å²) in [5.74, 6) is 0.381. The van der Waals surface area contributed by atoms with Gasteiger partial charge in [0.15, 0.2) is 5.96 Å². The molecule has 0 atom stereocenters. The number of nitrogens with two attached hydrogens (primary N) is 1. The molecule has 0 unspecified atom stereocenters. The molecule has 2 rings (SSSR count). The van der Waals surface area contributed by atoms with Gasteiger partial charge < -0.3 is 16.4 Å². The summed E-state index contributed by atoms with van der Waals surface area (Å²) >= 11 is 1.76. The van der Waals surface area contributed by atoms with Crippen LogP contribution in [0.5, 0.6) is 0 Å². The van der Waals surface area contributed by atoms with E-state index >= 15 is 0 Å². The van der Waals surface area contributed by atoms with Crippen molar-refractivity contribution in [2.45, 2.75) is 19.9 Å². The van der Waals surface area contributed by atoms with Gasteiger partial charge in [0.1, 0.15) is 0 Å². The lowest BCUT2D eigenvalue weighted by Gasteiger charge is -2.11. The van der Waals surface area contributed by atoms with Gasteiger partial charge in [-0.15, -0.1) is 35.3 Å². The molecule has 0 saturated heterocycles. The molecule has 0 aliphatic carbocycles. The monoisotopic (exact) mass is 458 g/mol. The Labute approximate surface area is 163 Å². The number of guanidine groups is 1. The van der Waals surface area contributed by atoms with Gasteiger partial charge in [-0.3, -0.25) is 4.79 Å². The molecule has 1 amide bonds. The number of hydrogen-bond acceptors (Lipinski definition) is 3. The fourth-order valence-corrected chi connectivity index (χ4v) is 2.75. The summed E-state index contributed by atoms with van der Waals surface area (Å²) in [7, 11) is 0. The summed E-state index contributed by atoms with van der Waals surface area (Å²) < 4.78 is 0. The lowest BCUT2D eigenvalue weighted by atomic mass is 10.1. The number of rotatable bonds is 7. The zero-order chi connectivity index (χ0) is 16.5. The molecular weight excluding hydrogens is 435 g/mol. The largest absolute Gasteiger partial charge is 0.366 e. The van der Waals surface area contributed by atoms with E-state index in [1.165, 1.54) is 4.88 Å². The second-order valence-electron chi connectivity index (χ2n) is 5.01. The Morgan fingerprint density at radius 2 is 1.96 bits per heavy atom. The van der Waals surface area contributed by atoms with E-state index in [2.05, 4.69) is 33.1 Å². The maximum Gasteiger partial charge on any atom is 0.248 e.